The number of sulfonamides is 1. The maximum absolute atomic E-state index is 12.9. The lowest BCUT2D eigenvalue weighted by molar-refractivity contribution is -0.135. The van der Waals surface area contributed by atoms with Crippen molar-refractivity contribution in [2.75, 3.05) is 10.8 Å². The standard InChI is InChI=1S/C14H9Cl4NO4S/c15-8-1-3-10(17)12(5-8)19(7-14(20)21)24(22,23)13-6-9(16)2-4-11(13)18/h1-6H,7H2,(H,20,21). The monoisotopic (exact) mass is 427 g/mol. The molecule has 2 rings (SSSR count). The zero-order valence-corrected chi connectivity index (χ0v) is 15.6. The van der Waals surface area contributed by atoms with Crippen LogP contribution in [0.25, 0.3) is 0 Å². The van der Waals surface area contributed by atoms with Crippen molar-refractivity contribution in [3.05, 3.63) is 56.5 Å². The van der Waals surface area contributed by atoms with Gasteiger partial charge in [-0.05, 0) is 36.4 Å². The molecule has 0 saturated heterocycles. The fourth-order valence-corrected chi connectivity index (χ4v) is 4.49. The molecule has 10 heteroatoms. The molecule has 0 aromatic heterocycles. The first-order chi connectivity index (χ1) is 11.1. The first kappa shape index (κ1) is 19.1. The van der Waals surface area contributed by atoms with Crippen molar-refractivity contribution < 1.29 is 18.3 Å². The van der Waals surface area contributed by atoms with Crippen LogP contribution in [0.15, 0.2) is 41.3 Å². The Morgan fingerprint density at radius 2 is 1.50 bits per heavy atom. The Bertz CT molecular complexity index is 902. The average Bonchev–Trinajstić information content (AvgIpc) is 2.49. The fraction of sp³-hybridized carbons (Fsp3) is 0.0714. The second-order valence-corrected chi connectivity index (χ2v) is 8.09. The van der Waals surface area contributed by atoms with E-state index in [0.29, 0.717) is 4.31 Å². The molecule has 24 heavy (non-hydrogen) atoms. The Labute approximate surface area is 158 Å². The van der Waals surface area contributed by atoms with Gasteiger partial charge >= 0.3 is 5.97 Å². The Kier molecular flexibility index (Phi) is 5.88. The highest BCUT2D eigenvalue weighted by Gasteiger charge is 2.30. The van der Waals surface area contributed by atoms with Gasteiger partial charge in [-0.1, -0.05) is 46.4 Å². The summed E-state index contributed by atoms with van der Waals surface area (Å²) in [5.41, 5.74) is -0.0809. The lowest BCUT2D eigenvalue weighted by Gasteiger charge is -2.24. The molecule has 0 aliphatic rings. The predicted octanol–water partition coefficient (Wildman–Crippen LogP) is 4.58. The lowest BCUT2D eigenvalue weighted by atomic mass is 10.3. The zero-order valence-electron chi connectivity index (χ0n) is 11.7. The van der Waals surface area contributed by atoms with Crippen molar-refractivity contribution in [2.45, 2.75) is 4.90 Å². The maximum Gasteiger partial charge on any atom is 0.324 e. The highest BCUT2D eigenvalue weighted by Crippen LogP contribution is 2.35. The molecule has 0 fully saturated rings. The average molecular weight is 429 g/mol. The van der Waals surface area contributed by atoms with Crippen molar-refractivity contribution in [1.82, 2.24) is 0 Å². The third-order valence-corrected chi connectivity index (χ3v) is 5.95. The number of hydrogen-bond acceptors (Lipinski definition) is 3. The summed E-state index contributed by atoms with van der Waals surface area (Å²) in [6.45, 7) is -0.870. The molecule has 0 saturated carbocycles. The van der Waals surface area contributed by atoms with Gasteiger partial charge in [0.15, 0.2) is 0 Å². The van der Waals surface area contributed by atoms with Crippen LogP contribution in [-0.2, 0) is 14.8 Å². The predicted molar refractivity (Wildman–Crippen MR) is 95.1 cm³/mol. The van der Waals surface area contributed by atoms with Crippen molar-refractivity contribution in [2.24, 2.45) is 0 Å². The van der Waals surface area contributed by atoms with E-state index in [-0.39, 0.29) is 30.7 Å². The molecule has 0 amide bonds. The molecule has 1 N–H and O–H groups in total. The summed E-state index contributed by atoms with van der Waals surface area (Å²) in [6, 6.07) is 7.91. The molecular formula is C14H9Cl4NO4S. The van der Waals surface area contributed by atoms with Crippen LogP contribution < -0.4 is 4.31 Å². The van der Waals surface area contributed by atoms with E-state index in [0.717, 1.165) is 6.07 Å². The molecule has 0 aliphatic carbocycles. The molecule has 2 aromatic carbocycles. The summed E-state index contributed by atoms with van der Waals surface area (Å²) in [5.74, 6) is -1.38. The molecule has 0 unspecified atom stereocenters. The Morgan fingerprint density at radius 3 is 2.08 bits per heavy atom. The number of halogens is 4. The summed E-state index contributed by atoms with van der Waals surface area (Å²) in [7, 11) is -4.35. The van der Waals surface area contributed by atoms with Gasteiger partial charge in [0.05, 0.1) is 15.7 Å². The van der Waals surface area contributed by atoms with Crippen LogP contribution in [0.5, 0.6) is 0 Å². The third-order valence-electron chi connectivity index (χ3n) is 2.92. The number of carbonyl (C=O) groups is 1. The number of aliphatic carboxylic acids is 1. The Morgan fingerprint density at radius 1 is 0.958 bits per heavy atom. The Hall–Kier alpha value is -1.18. The zero-order chi connectivity index (χ0) is 18.1. The number of benzene rings is 2. The van der Waals surface area contributed by atoms with Gasteiger partial charge in [-0.2, -0.15) is 0 Å². The van der Waals surface area contributed by atoms with E-state index in [1.54, 1.807) is 0 Å². The van der Waals surface area contributed by atoms with E-state index in [1.165, 1.54) is 30.3 Å². The highest BCUT2D eigenvalue weighted by atomic mass is 35.5. The summed E-state index contributed by atoms with van der Waals surface area (Å²) in [6.07, 6.45) is 0. The molecule has 2 aromatic rings. The van der Waals surface area contributed by atoms with E-state index in [9.17, 15) is 13.2 Å². The highest BCUT2D eigenvalue weighted by molar-refractivity contribution is 7.93. The minimum atomic E-state index is -4.35. The molecular weight excluding hydrogens is 420 g/mol. The summed E-state index contributed by atoms with van der Waals surface area (Å²) in [4.78, 5) is 10.8. The second kappa shape index (κ2) is 7.37. The number of carboxylic acid groups (broad SMARTS) is 1. The molecule has 0 atom stereocenters. The van der Waals surface area contributed by atoms with Gasteiger partial charge in [0.1, 0.15) is 11.4 Å². The molecule has 0 spiro atoms. The summed E-state index contributed by atoms with van der Waals surface area (Å²) < 4.78 is 26.5. The van der Waals surface area contributed by atoms with Crippen LogP contribution in [0.1, 0.15) is 0 Å². The minimum absolute atomic E-state index is 0.0161. The number of anilines is 1. The number of rotatable bonds is 5. The van der Waals surface area contributed by atoms with Crippen LogP contribution in [0.4, 0.5) is 5.69 Å². The topological polar surface area (TPSA) is 74.7 Å². The molecule has 5 nitrogen and oxygen atoms in total. The van der Waals surface area contributed by atoms with Gasteiger partial charge in [-0.25, -0.2) is 8.42 Å². The normalized spacial score (nSPS) is 11.3. The van der Waals surface area contributed by atoms with Gasteiger partial charge < -0.3 is 5.11 Å². The largest absolute Gasteiger partial charge is 0.480 e. The number of hydrogen-bond donors (Lipinski definition) is 1. The van der Waals surface area contributed by atoms with Crippen molar-refractivity contribution in [3.8, 4) is 0 Å². The molecule has 0 radical (unpaired) electrons. The van der Waals surface area contributed by atoms with E-state index in [4.69, 9.17) is 51.5 Å². The van der Waals surface area contributed by atoms with E-state index in [2.05, 4.69) is 0 Å². The first-order valence-corrected chi connectivity index (χ1v) is 9.23. The summed E-state index contributed by atoms with van der Waals surface area (Å²) in [5, 5.41) is 9.33. The van der Waals surface area contributed by atoms with Gasteiger partial charge in [0.25, 0.3) is 10.0 Å². The molecule has 0 aliphatic heterocycles. The van der Waals surface area contributed by atoms with Crippen molar-refractivity contribution in [3.63, 3.8) is 0 Å². The summed E-state index contributed by atoms with van der Waals surface area (Å²) >= 11 is 23.7. The smallest absolute Gasteiger partial charge is 0.324 e. The lowest BCUT2D eigenvalue weighted by Crippen LogP contribution is -2.36. The van der Waals surface area contributed by atoms with Crippen LogP contribution in [0, 0.1) is 0 Å². The van der Waals surface area contributed by atoms with Crippen LogP contribution in [0.2, 0.25) is 20.1 Å². The first-order valence-electron chi connectivity index (χ1n) is 6.27. The van der Waals surface area contributed by atoms with Gasteiger partial charge in [-0.15, -0.1) is 0 Å². The van der Waals surface area contributed by atoms with Gasteiger partial charge in [-0.3, -0.25) is 9.10 Å². The molecule has 0 bridgehead atoms. The third kappa shape index (κ3) is 4.07. The Balaban J connectivity index is 2.69. The molecule has 128 valence electrons. The number of carboxylic acids is 1. The van der Waals surface area contributed by atoms with Gasteiger partial charge in [0, 0.05) is 10.0 Å². The van der Waals surface area contributed by atoms with E-state index in [1.807, 2.05) is 0 Å². The van der Waals surface area contributed by atoms with Crippen LogP contribution >= 0.6 is 46.4 Å². The van der Waals surface area contributed by atoms with Crippen molar-refractivity contribution >= 4 is 68.1 Å². The second-order valence-electron chi connectivity index (χ2n) is 4.58. The fourth-order valence-electron chi connectivity index (χ4n) is 1.89. The van der Waals surface area contributed by atoms with E-state index < -0.39 is 22.5 Å². The quantitative estimate of drug-likeness (QED) is 0.756. The minimum Gasteiger partial charge on any atom is -0.480 e. The number of nitrogens with zero attached hydrogens (tertiary/aromatic N) is 1. The maximum atomic E-state index is 12.9. The van der Waals surface area contributed by atoms with Crippen LogP contribution in [0.3, 0.4) is 0 Å². The van der Waals surface area contributed by atoms with Gasteiger partial charge in [0.2, 0.25) is 0 Å². The molecule has 0 heterocycles. The SMILES string of the molecule is O=C(O)CN(c1cc(Cl)ccc1Cl)S(=O)(=O)c1cc(Cl)ccc1Cl. The van der Waals surface area contributed by atoms with Crippen molar-refractivity contribution in [1.29, 1.82) is 0 Å². The van der Waals surface area contributed by atoms with Crippen LogP contribution in [-0.4, -0.2) is 26.0 Å². The van der Waals surface area contributed by atoms with E-state index >= 15 is 0 Å².